The van der Waals surface area contributed by atoms with Crippen molar-refractivity contribution >= 4 is 0 Å². The van der Waals surface area contributed by atoms with E-state index in [1.54, 1.807) is 0 Å². The number of aliphatic hydroxyl groups excluding tert-OH is 1. The van der Waals surface area contributed by atoms with Gasteiger partial charge in [0.1, 0.15) is 0 Å². The summed E-state index contributed by atoms with van der Waals surface area (Å²) < 4.78 is 5.46. The first-order chi connectivity index (χ1) is 9.82. The Morgan fingerprint density at radius 1 is 1.24 bits per heavy atom. The van der Waals surface area contributed by atoms with Crippen LogP contribution in [0.2, 0.25) is 0 Å². The fraction of sp³-hybridized carbons (Fsp3) is 0.667. The van der Waals surface area contributed by atoms with Gasteiger partial charge >= 0.3 is 0 Å². The average Bonchev–Trinajstić information content (AvgIpc) is 2.42. The number of morpholine rings is 1. The molecule has 0 saturated carbocycles. The zero-order chi connectivity index (χ0) is 15.6. The third kappa shape index (κ3) is 3.85. The quantitative estimate of drug-likeness (QED) is 0.929. The highest BCUT2D eigenvalue weighted by atomic mass is 16.5. The minimum atomic E-state index is 0.125. The van der Waals surface area contributed by atoms with Gasteiger partial charge in [-0.15, -0.1) is 0 Å². The molecule has 1 unspecified atom stereocenters. The van der Waals surface area contributed by atoms with Crippen LogP contribution in [0.1, 0.15) is 43.0 Å². The lowest BCUT2D eigenvalue weighted by Crippen LogP contribution is -2.47. The van der Waals surface area contributed by atoms with Gasteiger partial charge in [0.15, 0.2) is 0 Å². The molecule has 1 heterocycles. The van der Waals surface area contributed by atoms with Crippen LogP contribution in [-0.4, -0.2) is 42.4 Å². The lowest BCUT2D eigenvalue weighted by molar-refractivity contribution is -0.0314. The number of nitrogens with zero attached hydrogens (tertiary/aromatic N) is 1. The average molecular weight is 291 g/mol. The molecular weight excluding hydrogens is 262 g/mol. The number of benzene rings is 1. The Kier molecular flexibility index (Phi) is 5.07. The summed E-state index contributed by atoms with van der Waals surface area (Å²) >= 11 is 0. The Morgan fingerprint density at radius 2 is 1.86 bits per heavy atom. The molecule has 0 aliphatic carbocycles. The second-order valence-electron chi connectivity index (χ2n) is 7.22. The van der Waals surface area contributed by atoms with E-state index in [0.717, 1.165) is 19.7 Å². The number of rotatable bonds is 3. The molecule has 0 radical (unpaired) electrons. The molecule has 21 heavy (non-hydrogen) atoms. The Bertz CT molecular complexity index is 467. The standard InChI is InChI=1S/C18H29NO2/c1-13-8-15(18(3,4)5)9-14(2)17(13)10-19-6-7-21-12-16(19)11-20/h8-9,16,20H,6-7,10-12H2,1-5H3. The SMILES string of the molecule is Cc1cc(C(C)(C)C)cc(C)c1CN1CCOCC1CO. The van der Waals surface area contributed by atoms with Crippen molar-refractivity contribution in [1.82, 2.24) is 4.90 Å². The first-order valence-corrected chi connectivity index (χ1v) is 7.86. The van der Waals surface area contributed by atoms with Crippen LogP contribution in [0.4, 0.5) is 0 Å². The molecule has 1 aromatic rings. The van der Waals surface area contributed by atoms with E-state index < -0.39 is 0 Å². The summed E-state index contributed by atoms with van der Waals surface area (Å²) in [6, 6.07) is 4.76. The molecule has 1 fully saturated rings. The van der Waals surface area contributed by atoms with Gasteiger partial charge in [-0.25, -0.2) is 0 Å². The molecule has 0 spiro atoms. The summed E-state index contributed by atoms with van der Waals surface area (Å²) in [7, 11) is 0. The fourth-order valence-corrected chi connectivity index (χ4v) is 2.94. The van der Waals surface area contributed by atoms with E-state index in [9.17, 15) is 5.11 Å². The third-order valence-electron chi connectivity index (χ3n) is 4.48. The van der Waals surface area contributed by atoms with Gasteiger partial charge in [0.2, 0.25) is 0 Å². The first-order valence-electron chi connectivity index (χ1n) is 7.86. The van der Waals surface area contributed by atoms with Crippen molar-refractivity contribution in [3.63, 3.8) is 0 Å². The van der Waals surface area contributed by atoms with Crippen LogP contribution in [0, 0.1) is 13.8 Å². The van der Waals surface area contributed by atoms with E-state index in [1.807, 2.05) is 0 Å². The second kappa shape index (κ2) is 6.47. The molecule has 0 aromatic heterocycles. The molecule has 0 bridgehead atoms. The molecule has 3 nitrogen and oxygen atoms in total. The Hall–Kier alpha value is -0.900. The van der Waals surface area contributed by atoms with Gasteiger partial charge in [0.05, 0.1) is 25.9 Å². The van der Waals surface area contributed by atoms with Crippen LogP contribution in [-0.2, 0) is 16.7 Å². The number of ether oxygens (including phenoxy) is 1. The molecule has 0 amide bonds. The van der Waals surface area contributed by atoms with Crippen molar-refractivity contribution in [2.24, 2.45) is 0 Å². The first kappa shape index (κ1) is 16.5. The largest absolute Gasteiger partial charge is 0.395 e. The maximum atomic E-state index is 9.51. The maximum Gasteiger partial charge on any atom is 0.0644 e. The smallest absolute Gasteiger partial charge is 0.0644 e. The van der Waals surface area contributed by atoms with Gasteiger partial charge in [0.25, 0.3) is 0 Å². The number of hydrogen-bond donors (Lipinski definition) is 1. The van der Waals surface area contributed by atoms with Crippen molar-refractivity contribution in [2.45, 2.75) is 52.6 Å². The second-order valence-corrected chi connectivity index (χ2v) is 7.22. The minimum Gasteiger partial charge on any atom is -0.395 e. The molecule has 1 aromatic carbocycles. The van der Waals surface area contributed by atoms with Crippen molar-refractivity contribution in [1.29, 1.82) is 0 Å². The highest BCUT2D eigenvalue weighted by Crippen LogP contribution is 2.28. The summed E-state index contributed by atoms with van der Waals surface area (Å²) in [6.07, 6.45) is 0. The monoisotopic (exact) mass is 291 g/mol. The van der Waals surface area contributed by atoms with Crippen LogP contribution < -0.4 is 0 Å². The number of aryl methyl sites for hydroxylation is 2. The van der Waals surface area contributed by atoms with Crippen molar-refractivity contribution < 1.29 is 9.84 Å². The van der Waals surface area contributed by atoms with E-state index in [2.05, 4.69) is 51.7 Å². The van der Waals surface area contributed by atoms with Crippen LogP contribution in [0.3, 0.4) is 0 Å². The Balaban J connectivity index is 2.24. The molecular formula is C18H29NO2. The van der Waals surface area contributed by atoms with Gasteiger partial charge in [-0.1, -0.05) is 32.9 Å². The molecule has 1 aliphatic heterocycles. The molecule has 1 N–H and O–H groups in total. The summed E-state index contributed by atoms with van der Waals surface area (Å²) in [6.45, 7) is 14.5. The third-order valence-corrected chi connectivity index (χ3v) is 4.48. The van der Waals surface area contributed by atoms with Crippen LogP contribution in [0.25, 0.3) is 0 Å². The summed E-state index contributed by atoms with van der Waals surface area (Å²) in [5.74, 6) is 0. The van der Waals surface area contributed by atoms with Crippen molar-refractivity contribution in [2.75, 3.05) is 26.4 Å². The van der Waals surface area contributed by atoms with Crippen LogP contribution in [0.15, 0.2) is 12.1 Å². The van der Waals surface area contributed by atoms with Gasteiger partial charge in [0, 0.05) is 13.1 Å². The van der Waals surface area contributed by atoms with E-state index >= 15 is 0 Å². The van der Waals surface area contributed by atoms with E-state index in [1.165, 1.54) is 22.3 Å². The number of aliphatic hydroxyl groups is 1. The Morgan fingerprint density at radius 3 is 2.38 bits per heavy atom. The molecule has 118 valence electrons. The van der Waals surface area contributed by atoms with Gasteiger partial charge in [-0.3, -0.25) is 4.90 Å². The number of hydrogen-bond acceptors (Lipinski definition) is 3. The predicted octanol–water partition coefficient (Wildman–Crippen LogP) is 2.79. The lowest BCUT2D eigenvalue weighted by Gasteiger charge is -2.35. The van der Waals surface area contributed by atoms with Crippen molar-refractivity contribution in [3.05, 3.63) is 34.4 Å². The molecule has 1 atom stereocenters. The topological polar surface area (TPSA) is 32.7 Å². The Labute approximate surface area is 128 Å². The summed E-state index contributed by atoms with van der Waals surface area (Å²) in [5.41, 5.74) is 5.66. The van der Waals surface area contributed by atoms with Crippen LogP contribution >= 0.6 is 0 Å². The zero-order valence-electron chi connectivity index (χ0n) is 14.1. The van der Waals surface area contributed by atoms with Gasteiger partial charge in [-0.2, -0.15) is 0 Å². The van der Waals surface area contributed by atoms with E-state index in [-0.39, 0.29) is 18.1 Å². The highest BCUT2D eigenvalue weighted by Gasteiger charge is 2.24. The lowest BCUT2D eigenvalue weighted by atomic mass is 9.83. The zero-order valence-corrected chi connectivity index (χ0v) is 14.1. The van der Waals surface area contributed by atoms with Gasteiger partial charge < -0.3 is 9.84 Å². The molecule has 2 rings (SSSR count). The highest BCUT2D eigenvalue weighted by molar-refractivity contribution is 5.40. The predicted molar refractivity (Wildman–Crippen MR) is 86.7 cm³/mol. The van der Waals surface area contributed by atoms with Crippen molar-refractivity contribution in [3.8, 4) is 0 Å². The van der Waals surface area contributed by atoms with Crippen LogP contribution in [0.5, 0.6) is 0 Å². The van der Waals surface area contributed by atoms with E-state index in [0.29, 0.717) is 6.61 Å². The minimum absolute atomic E-state index is 0.125. The summed E-state index contributed by atoms with van der Waals surface area (Å²) in [4.78, 5) is 2.34. The molecule has 3 heteroatoms. The normalized spacial score (nSPS) is 20.8. The molecule has 1 saturated heterocycles. The molecule has 1 aliphatic rings. The maximum absolute atomic E-state index is 9.51. The summed E-state index contributed by atoms with van der Waals surface area (Å²) in [5, 5.41) is 9.51. The van der Waals surface area contributed by atoms with E-state index in [4.69, 9.17) is 4.74 Å². The van der Waals surface area contributed by atoms with Gasteiger partial charge in [-0.05, 0) is 41.5 Å². The fourth-order valence-electron chi connectivity index (χ4n) is 2.94.